The van der Waals surface area contributed by atoms with Crippen molar-refractivity contribution in [2.45, 2.75) is 25.6 Å². The summed E-state index contributed by atoms with van der Waals surface area (Å²) in [6.45, 7) is 0.549. The third kappa shape index (κ3) is 4.30. The molecule has 1 aromatic heterocycles. The zero-order valence-electron chi connectivity index (χ0n) is 9.63. The average molecular weight is 285 g/mol. The van der Waals surface area contributed by atoms with E-state index in [0.29, 0.717) is 0 Å². The number of alkyl halides is 3. The summed E-state index contributed by atoms with van der Waals surface area (Å²) >= 11 is 5.74. The lowest BCUT2D eigenvalue weighted by Gasteiger charge is -2.08. The Labute approximate surface area is 107 Å². The van der Waals surface area contributed by atoms with Crippen molar-refractivity contribution in [3.8, 4) is 0 Å². The molecule has 1 heterocycles. The Kier molecular flexibility index (Phi) is 5.15. The molecule has 4 nitrogen and oxygen atoms in total. The molecule has 0 atom stereocenters. The van der Waals surface area contributed by atoms with E-state index in [1.54, 1.807) is 0 Å². The topological polar surface area (TPSA) is 44.1 Å². The minimum atomic E-state index is -4.36. The van der Waals surface area contributed by atoms with Gasteiger partial charge in [0.15, 0.2) is 5.78 Å². The van der Waals surface area contributed by atoms with Gasteiger partial charge in [0.25, 0.3) is 0 Å². The summed E-state index contributed by atoms with van der Waals surface area (Å²) in [4.78, 5) is 11.7. The average Bonchev–Trinajstić information content (AvgIpc) is 2.64. The molecule has 102 valence electrons. The van der Waals surface area contributed by atoms with Crippen LogP contribution in [0.15, 0.2) is 6.20 Å². The molecule has 0 saturated heterocycles. The first-order valence-electron chi connectivity index (χ1n) is 5.15. The first-order chi connectivity index (χ1) is 8.35. The van der Waals surface area contributed by atoms with Crippen molar-refractivity contribution in [3.05, 3.63) is 16.9 Å². The van der Waals surface area contributed by atoms with Crippen LogP contribution in [0, 0.1) is 0 Å². The molecule has 0 N–H and O–H groups in total. The number of hydrogen-bond acceptors (Lipinski definition) is 3. The van der Waals surface area contributed by atoms with Crippen molar-refractivity contribution in [1.29, 1.82) is 0 Å². The third-order valence-corrected chi connectivity index (χ3v) is 2.48. The number of halogens is 4. The third-order valence-electron chi connectivity index (χ3n) is 2.20. The lowest BCUT2D eigenvalue weighted by atomic mass is 10.1. The van der Waals surface area contributed by atoms with Crippen LogP contribution in [0.4, 0.5) is 13.2 Å². The molecular weight excluding hydrogens is 273 g/mol. The number of aromatic nitrogens is 2. The van der Waals surface area contributed by atoms with E-state index in [0.717, 1.165) is 0 Å². The van der Waals surface area contributed by atoms with Crippen molar-refractivity contribution < 1.29 is 22.7 Å². The maximum atomic E-state index is 12.0. The van der Waals surface area contributed by atoms with Gasteiger partial charge in [0.2, 0.25) is 0 Å². The summed E-state index contributed by atoms with van der Waals surface area (Å²) in [5, 5.41) is 3.88. The van der Waals surface area contributed by atoms with Gasteiger partial charge in [-0.2, -0.15) is 18.3 Å². The normalized spacial score (nSPS) is 11.8. The van der Waals surface area contributed by atoms with E-state index in [1.165, 1.54) is 18.0 Å². The van der Waals surface area contributed by atoms with Gasteiger partial charge in [-0.1, -0.05) is 11.6 Å². The van der Waals surface area contributed by atoms with Crippen molar-refractivity contribution >= 4 is 17.4 Å². The summed E-state index contributed by atoms with van der Waals surface area (Å²) in [6.07, 6.45) is -4.93. The Balaban J connectivity index is 2.75. The highest BCUT2D eigenvalue weighted by Gasteiger charge is 2.29. The van der Waals surface area contributed by atoms with E-state index in [9.17, 15) is 18.0 Å². The first-order valence-corrected chi connectivity index (χ1v) is 5.53. The Morgan fingerprint density at radius 2 is 2.22 bits per heavy atom. The number of carbonyl (C=O) groups is 1. The van der Waals surface area contributed by atoms with Crippen LogP contribution in [0.25, 0.3) is 0 Å². The van der Waals surface area contributed by atoms with Crippen LogP contribution >= 0.6 is 11.6 Å². The van der Waals surface area contributed by atoms with Crippen molar-refractivity contribution in [2.24, 2.45) is 0 Å². The second-order valence-corrected chi connectivity index (χ2v) is 4.00. The fourth-order valence-electron chi connectivity index (χ4n) is 1.36. The number of Topliss-reactive ketones (excluding diaryl/α,β-unsaturated/α-hetero) is 1. The number of methoxy groups -OCH3 is 1. The molecule has 0 aliphatic heterocycles. The summed E-state index contributed by atoms with van der Waals surface area (Å²) < 4.78 is 42.2. The molecule has 1 aromatic rings. The van der Waals surface area contributed by atoms with Crippen LogP contribution in [0.3, 0.4) is 0 Å². The quantitative estimate of drug-likeness (QED) is 0.755. The van der Waals surface area contributed by atoms with Crippen molar-refractivity contribution in [3.63, 3.8) is 0 Å². The van der Waals surface area contributed by atoms with Crippen LogP contribution < -0.4 is 0 Å². The molecule has 0 aromatic carbocycles. The van der Waals surface area contributed by atoms with Gasteiger partial charge in [0.1, 0.15) is 5.69 Å². The largest absolute Gasteiger partial charge is 0.389 e. The number of nitrogens with zero attached hydrogens (tertiary/aromatic N) is 2. The van der Waals surface area contributed by atoms with E-state index in [4.69, 9.17) is 16.3 Å². The molecule has 0 fully saturated rings. The first kappa shape index (κ1) is 15.0. The predicted octanol–water partition coefficient (Wildman–Crippen LogP) is 2.71. The second-order valence-electron chi connectivity index (χ2n) is 3.60. The lowest BCUT2D eigenvalue weighted by molar-refractivity contribution is -0.133. The lowest BCUT2D eigenvalue weighted by Crippen LogP contribution is -2.16. The van der Waals surface area contributed by atoms with Gasteiger partial charge in [-0.15, -0.1) is 0 Å². The highest BCUT2D eigenvalue weighted by Crippen LogP contribution is 2.24. The van der Waals surface area contributed by atoms with Crippen LogP contribution in [0.5, 0.6) is 0 Å². The summed E-state index contributed by atoms with van der Waals surface area (Å²) in [6, 6.07) is 0. The fourth-order valence-corrected chi connectivity index (χ4v) is 1.61. The zero-order chi connectivity index (χ0) is 13.8. The predicted molar refractivity (Wildman–Crippen MR) is 58.7 cm³/mol. The maximum Gasteiger partial charge on any atom is 0.389 e. The highest BCUT2D eigenvalue weighted by molar-refractivity contribution is 6.33. The van der Waals surface area contributed by atoms with Gasteiger partial charge >= 0.3 is 6.18 Å². The minimum absolute atomic E-state index is 0.00188. The van der Waals surface area contributed by atoms with E-state index >= 15 is 0 Å². The van der Waals surface area contributed by atoms with Crippen LogP contribution in [0.1, 0.15) is 23.3 Å². The van der Waals surface area contributed by atoms with Gasteiger partial charge in [-0.05, 0) is 0 Å². The number of ether oxygens (including phenoxy) is 1. The highest BCUT2D eigenvalue weighted by atomic mass is 35.5. The number of ketones is 1. The zero-order valence-corrected chi connectivity index (χ0v) is 10.4. The Bertz CT molecular complexity index is 418. The van der Waals surface area contributed by atoms with Gasteiger partial charge in [0.05, 0.1) is 30.8 Å². The maximum absolute atomic E-state index is 12.0. The molecule has 1 rings (SSSR count). The van der Waals surface area contributed by atoms with E-state index in [-0.39, 0.29) is 23.9 Å². The van der Waals surface area contributed by atoms with E-state index in [2.05, 4.69) is 5.10 Å². The Morgan fingerprint density at radius 3 is 2.78 bits per heavy atom. The van der Waals surface area contributed by atoms with Crippen LogP contribution in [-0.4, -0.2) is 35.5 Å². The number of carbonyl (C=O) groups excluding carboxylic acids is 1. The summed E-state index contributed by atoms with van der Waals surface area (Å²) in [7, 11) is 1.47. The minimum Gasteiger partial charge on any atom is -0.383 e. The molecule has 0 aliphatic carbocycles. The smallest absolute Gasteiger partial charge is 0.383 e. The number of hydrogen-bond donors (Lipinski definition) is 0. The van der Waals surface area contributed by atoms with Crippen LogP contribution in [-0.2, 0) is 11.3 Å². The SMILES string of the molecule is COCCn1ncc(Cl)c1C(=O)CCC(F)(F)F. The molecule has 0 radical (unpaired) electrons. The molecule has 0 bridgehead atoms. The molecule has 0 unspecified atom stereocenters. The van der Waals surface area contributed by atoms with E-state index in [1.807, 2.05) is 0 Å². The van der Waals surface area contributed by atoms with Gasteiger partial charge in [-0.3, -0.25) is 9.48 Å². The number of rotatable bonds is 6. The van der Waals surface area contributed by atoms with Gasteiger partial charge < -0.3 is 4.74 Å². The van der Waals surface area contributed by atoms with E-state index < -0.39 is 24.8 Å². The molecular formula is C10H12ClF3N2O2. The monoisotopic (exact) mass is 284 g/mol. The second kappa shape index (κ2) is 6.19. The Hall–Kier alpha value is -1.08. The molecule has 0 aliphatic rings. The summed E-state index contributed by atoms with van der Waals surface area (Å²) in [5.41, 5.74) is -0.00188. The standard InChI is InChI=1S/C10H12ClF3N2O2/c1-18-5-4-16-9(7(11)6-15-16)8(17)2-3-10(12,13)14/h6H,2-5H2,1H3. The fraction of sp³-hybridized carbons (Fsp3) is 0.600. The summed E-state index contributed by atoms with van der Waals surface area (Å²) in [5.74, 6) is -0.675. The molecule has 0 amide bonds. The molecule has 0 saturated carbocycles. The van der Waals surface area contributed by atoms with Crippen molar-refractivity contribution in [1.82, 2.24) is 9.78 Å². The van der Waals surface area contributed by atoms with Crippen LogP contribution in [0.2, 0.25) is 5.02 Å². The molecule has 0 spiro atoms. The molecule has 18 heavy (non-hydrogen) atoms. The van der Waals surface area contributed by atoms with Gasteiger partial charge in [0, 0.05) is 13.5 Å². The van der Waals surface area contributed by atoms with Gasteiger partial charge in [-0.25, -0.2) is 0 Å². The Morgan fingerprint density at radius 1 is 1.56 bits per heavy atom. The molecule has 8 heteroatoms. The van der Waals surface area contributed by atoms with Crippen molar-refractivity contribution in [2.75, 3.05) is 13.7 Å².